The summed E-state index contributed by atoms with van der Waals surface area (Å²) < 4.78 is 6.47. The maximum atomic E-state index is 13.0. The van der Waals surface area contributed by atoms with Gasteiger partial charge >= 0.3 is 0 Å². The standard InChI is InChI=1S/C29H36BrN5O2/c1-20-5-4-14-35(18-20)26-10-8-22(9-11-26)21(2)31-29(36)23-12-15-34(16-13-23)19-27-32-28(33-37-27)24-6-3-7-25(30)17-24/h3,6-11,17,20-21,23H,4-5,12-16,18-19H2,1-2H3,(H,31,36). The van der Waals surface area contributed by atoms with Gasteiger partial charge in [0.2, 0.25) is 17.6 Å². The first-order chi connectivity index (χ1) is 17.9. The Bertz CT molecular complexity index is 1190. The van der Waals surface area contributed by atoms with Crippen LogP contribution in [0.2, 0.25) is 0 Å². The van der Waals surface area contributed by atoms with E-state index in [2.05, 4.69) is 79.3 Å². The number of amides is 1. The van der Waals surface area contributed by atoms with Crippen LogP contribution >= 0.6 is 15.9 Å². The molecule has 7 nitrogen and oxygen atoms in total. The van der Waals surface area contributed by atoms with E-state index in [9.17, 15) is 4.79 Å². The summed E-state index contributed by atoms with van der Waals surface area (Å²) in [6, 6.07) is 16.6. The number of anilines is 1. The number of nitrogens with zero attached hydrogens (tertiary/aromatic N) is 4. The van der Waals surface area contributed by atoms with Crippen LogP contribution in [0, 0.1) is 11.8 Å². The molecule has 0 radical (unpaired) electrons. The first kappa shape index (κ1) is 25.9. The zero-order chi connectivity index (χ0) is 25.8. The summed E-state index contributed by atoms with van der Waals surface area (Å²) in [6.45, 7) is 8.94. The molecule has 0 bridgehead atoms. The fraction of sp³-hybridized carbons (Fsp3) is 0.483. The lowest BCUT2D eigenvalue weighted by molar-refractivity contribution is -0.127. The first-order valence-electron chi connectivity index (χ1n) is 13.4. The minimum absolute atomic E-state index is 0.00491. The number of carbonyl (C=O) groups excluding carboxylic acids is 1. The molecule has 1 aromatic heterocycles. The Hall–Kier alpha value is -2.71. The third kappa shape index (κ3) is 6.60. The van der Waals surface area contributed by atoms with Gasteiger partial charge in [-0.15, -0.1) is 0 Å². The van der Waals surface area contributed by atoms with E-state index in [1.54, 1.807) is 0 Å². The van der Waals surface area contributed by atoms with Crippen molar-refractivity contribution in [2.45, 2.75) is 52.1 Å². The summed E-state index contributed by atoms with van der Waals surface area (Å²) in [5.74, 6) is 2.13. The molecule has 37 heavy (non-hydrogen) atoms. The van der Waals surface area contributed by atoms with Crippen molar-refractivity contribution in [1.82, 2.24) is 20.4 Å². The van der Waals surface area contributed by atoms with Crippen LogP contribution < -0.4 is 10.2 Å². The lowest BCUT2D eigenvalue weighted by atomic mass is 9.95. The number of likely N-dealkylation sites (tertiary alicyclic amines) is 1. The quantitative estimate of drug-likeness (QED) is 0.388. The zero-order valence-electron chi connectivity index (χ0n) is 21.7. The molecule has 1 amide bonds. The normalized spacial score (nSPS) is 20.1. The Labute approximate surface area is 227 Å². The highest BCUT2D eigenvalue weighted by molar-refractivity contribution is 9.10. The number of hydrogen-bond acceptors (Lipinski definition) is 6. The lowest BCUT2D eigenvalue weighted by Gasteiger charge is -2.33. The summed E-state index contributed by atoms with van der Waals surface area (Å²) in [5, 5.41) is 7.38. The van der Waals surface area contributed by atoms with Gasteiger partial charge in [-0.25, -0.2) is 0 Å². The first-order valence-corrected chi connectivity index (χ1v) is 14.2. The molecular weight excluding hydrogens is 530 g/mol. The number of benzene rings is 2. The lowest BCUT2D eigenvalue weighted by Crippen LogP contribution is -2.41. The molecule has 1 N–H and O–H groups in total. The molecule has 2 aliphatic rings. The van der Waals surface area contributed by atoms with Crippen molar-refractivity contribution in [3.63, 3.8) is 0 Å². The second kappa shape index (κ2) is 11.8. The molecule has 2 saturated heterocycles. The molecule has 2 aromatic carbocycles. The Balaban J connectivity index is 1.08. The predicted octanol–water partition coefficient (Wildman–Crippen LogP) is 5.82. The molecular formula is C29H36BrN5O2. The predicted molar refractivity (Wildman–Crippen MR) is 149 cm³/mol. The number of hydrogen-bond donors (Lipinski definition) is 1. The maximum Gasteiger partial charge on any atom is 0.241 e. The largest absolute Gasteiger partial charge is 0.371 e. The molecule has 8 heteroatoms. The highest BCUT2D eigenvalue weighted by atomic mass is 79.9. The van der Waals surface area contributed by atoms with E-state index in [4.69, 9.17) is 4.52 Å². The number of rotatable bonds is 7. The van der Waals surface area contributed by atoms with Crippen molar-refractivity contribution in [3.05, 3.63) is 64.5 Å². The summed E-state index contributed by atoms with van der Waals surface area (Å²) in [6.07, 6.45) is 4.24. The van der Waals surface area contributed by atoms with Crippen molar-refractivity contribution in [2.75, 3.05) is 31.1 Å². The molecule has 3 heterocycles. The van der Waals surface area contributed by atoms with E-state index < -0.39 is 0 Å². The highest BCUT2D eigenvalue weighted by Crippen LogP contribution is 2.26. The van der Waals surface area contributed by atoms with Crippen LogP contribution in [0.3, 0.4) is 0 Å². The van der Waals surface area contributed by atoms with Crippen LogP contribution in [0.1, 0.15) is 57.0 Å². The highest BCUT2D eigenvalue weighted by Gasteiger charge is 2.27. The summed E-state index contributed by atoms with van der Waals surface area (Å²) >= 11 is 3.48. The molecule has 0 aliphatic carbocycles. The van der Waals surface area contributed by atoms with Crippen LogP contribution in [-0.4, -0.2) is 47.1 Å². The SMILES string of the molecule is CC1CCCN(c2ccc(C(C)NC(=O)C3CCN(Cc4nc(-c5cccc(Br)c5)no4)CC3)cc2)C1. The maximum absolute atomic E-state index is 13.0. The van der Waals surface area contributed by atoms with E-state index in [-0.39, 0.29) is 17.9 Å². The van der Waals surface area contributed by atoms with Crippen LogP contribution in [-0.2, 0) is 11.3 Å². The van der Waals surface area contributed by atoms with Gasteiger partial charge in [-0.3, -0.25) is 9.69 Å². The Morgan fingerprint density at radius 3 is 2.65 bits per heavy atom. The summed E-state index contributed by atoms with van der Waals surface area (Å²) in [7, 11) is 0. The number of nitrogens with one attached hydrogen (secondary N) is 1. The Kier molecular flexibility index (Phi) is 8.25. The molecule has 0 spiro atoms. The van der Waals surface area contributed by atoms with Crippen molar-refractivity contribution < 1.29 is 9.32 Å². The van der Waals surface area contributed by atoms with E-state index in [1.165, 1.54) is 18.5 Å². The minimum atomic E-state index is -0.00491. The number of carbonyl (C=O) groups is 1. The number of piperidine rings is 2. The monoisotopic (exact) mass is 565 g/mol. The van der Waals surface area contributed by atoms with Gasteiger partial charge in [0.1, 0.15) is 0 Å². The Morgan fingerprint density at radius 1 is 1.14 bits per heavy atom. The van der Waals surface area contributed by atoms with Crippen LogP contribution in [0.4, 0.5) is 5.69 Å². The topological polar surface area (TPSA) is 74.5 Å². The molecule has 0 saturated carbocycles. The van der Waals surface area contributed by atoms with Gasteiger partial charge < -0.3 is 14.7 Å². The van der Waals surface area contributed by atoms with Gasteiger partial charge in [0.05, 0.1) is 12.6 Å². The molecule has 2 atom stereocenters. The molecule has 2 unspecified atom stereocenters. The van der Waals surface area contributed by atoms with Crippen LogP contribution in [0.25, 0.3) is 11.4 Å². The third-order valence-corrected chi connectivity index (χ3v) is 8.14. The van der Waals surface area contributed by atoms with Crippen molar-refractivity contribution in [2.24, 2.45) is 11.8 Å². The molecule has 2 fully saturated rings. The average molecular weight is 567 g/mol. The van der Waals surface area contributed by atoms with Crippen LogP contribution in [0.15, 0.2) is 57.5 Å². The number of halogens is 1. The van der Waals surface area contributed by atoms with Crippen molar-refractivity contribution in [3.8, 4) is 11.4 Å². The van der Waals surface area contributed by atoms with Gasteiger partial charge in [0.15, 0.2) is 0 Å². The summed E-state index contributed by atoms with van der Waals surface area (Å²) in [5.41, 5.74) is 3.35. The number of aromatic nitrogens is 2. The van der Waals surface area contributed by atoms with Gasteiger partial charge in [0.25, 0.3) is 0 Å². The van der Waals surface area contributed by atoms with Gasteiger partial charge in [-0.2, -0.15) is 4.98 Å². The average Bonchev–Trinajstić information content (AvgIpc) is 3.38. The smallest absolute Gasteiger partial charge is 0.241 e. The third-order valence-electron chi connectivity index (χ3n) is 7.64. The molecule has 196 valence electrons. The molecule has 3 aromatic rings. The van der Waals surface area contributed by atoms with E-state index in [1.807, 2.05) is 24.3 Å². The zero-order valence-corrected chi connectivity index (χ0v) is 23.3. The van der Waals surface area contributed by atoms with E-state index in [0.29, 0.717) is 18.3 Å². The van der Waals surface area contributed by atoms with Gasteiger partial charge in [-0.05, 0) is 81.4 Å². The Morgan fingerprint density at radius 2 is 1.92 bits per heavy atom. The van der Waals surface area contributed by atoms with Gasteiger partial charge in [-0.1, -0.05) is 52.3 Å². The van der Waals surface area contributed by atoms with E-state index >= 15 is 0 Å². The second-order valence-electron chi connectivity index (χ2n) is 10.6. The second-order valence-corrected chi connectivity index (χ2v) is 11.5. The minimum Gasteiger partial charge on any atom is -0.371 e. The molecule has 5 rings (SSSR count). The van der Waals surface area contributed by atoms with E-state index in [0.717, 1.165) is 60.5 Å². The fourth-order valence-electron chi connectivity index (χ4n) is 5.42. The molecule has 2 aliphatic heterocycles. The van der Waals surface area contributed by atoms with Gasteiger partial charge in [0, 0.05) is 34.7 Å². The fourth-order valence-corrected chi connectivity index (χ4v) is 5.82. The van der Waals surface area contributed by atoms with Crippen molar-refractivity contribution in [1.29, 1.82) is 0 Å². The van der Waals surface area contributed by atoms with Crippen LogP contribution in [0.5, 0.6) is 0 Å². The summed E-state index contributed by atoms with van der Waals surface area (Å²) in [4.78, 5) is 22.3. The van der Waals surface area contributed by atoms with Crippen molar-refractivity contribution >= 4 is 27.5 Å².